The van der Waals surface area contributed by atoms with Gasteiger partial charge >= 0.3 is 0 Å². The van der Waals surface area contributed by atoms with E-state index in [1.807, 2.05) is 6.07 Å². The predicted octanol–water partition coefficient (Wildman–Crippen LogP) is 4.23. The second-order valence-electron chi connectivity index (χ2n) is 8.39. The standard InChI is InChI=1S/C23H26FN3OS/c24-16-5-3-4-15(12-16)10-11-27-14-25-22-21(23(27)28)19-9-8-18(13-20(19)29-22)26-17-6-1-2-7-17/h3-5,12,14,17-18,26H,1-2,6-11,13H2/t18-/m1/s1. The summed E-state index contributed by atoms with van der Waals surface area (Å²) in [6.45, 7) is 0.516. The summed E-state index contributed by atoms with van der Waals surface area (Å²) in [6.07, 6.45) is 10.6. The molecule has 152 valence electrons. The first-order chi connectivity index (χ1) is 14.2. The number of rotatable bonds is 5. The molecule has 1 saturated carbocycles. The molecule has 2 aromatic heterocycles. The molecule has 5 rings (SSSR count). The van der Waals surface area contributed by atoms with Crippen LogP contribution in [0.5, 0.6) is 0 Å². The summed E-state index contributed by atoms with van der Waals surface area (Å²) in [7, 11) is 0. The van der Waals surface area contributed by atoms with E-state index in [-0.39, 0.29) is 11.4 Å². The van der Waals surface area contributed by atoms with Crippen LogP contribution in [0.15, 0.2) is 35.4 Å². The lowest BCUT2D eigenvalue weighted by Gasteiger charge is -2.26. The number of aryl methyl sites for hydroxylation is 3. The van der Waals surface area contributed by atoms with Crippen LogP contribution in [-0.4, -0.2) is 21.6 Å². The number of halogens is 1. The summed E-state index contributed by atoms with van der Waals surface area (Å²) >= 11 is 1.69. The van der Waals surface area contributed by atoms with Crippen LogP contribution in [0.2, 0.25) is 0 Å². The van der Waals surface area contributed by atoms with Crippen molar-refractivity contribution in [2.45, 2.75) is 70.0 Å². The molecule has 1 N–H and O–H groups in total. The van der Waals surface area contributed by atoms with Crippen molar-refractivity contribution in [3.05, 3.63) is 62.8 Å². The highest BCUT2D eigenvalue weighted by atomic mass is 32.1. The zero-order valence-electron chi connectivity index (χ0n) is 16.5. The van der Waals surface area contributed by atoms with Crippen LogP contribution in [0.4, 0.5) is 4.39 Å². The molecular weight excluding hydrogens is 385 g/mol. The Hall–Kier alpha value is -2.05. The lowest BCUT2D eigenvalue weighted by Crippen LogP contribution is -2.40. The third-order valence-corrected chi connectivity index (χ3v) is 7.56. The number of hydrogen-bond donors (Lipinski definition) is 1. The second kappa shape index (κ2) is 8.00. The summed E-state index contributed by atoms with van der Waals surface area (Å²) < 4.78 is 15.1. The van der Waals surface area contributed by atoms with Crippen molar-refractivity contribution in [3.63, 3.8) is 0 Å². The minimum atomic E-state index is -0.240. The molecule has 2 aliphatic rings. The van der Waals surface area contributed by atoms with Gasteiger partial charge in [-0.1, -0.05) is 25.0 Å². The molecule has 4 nitrogen and oxygen atoms in total. The van der Waals surface area contributed by atoms with Gasteiger partial charge in [0.05, 0.1) is 11.7 Å². The van der Waals surface area contributed by atoms with Crippen LogP contribution in [0.3, 0.4) is 0 Å². The van der Waals surface area contributed by atoms with Crippen molar-refractivity contribution in [2.24, 2.45) is 0 Å². The highest BCUT2D eigenvalue weighted by Gasteiger charge is 2.27. The van der Waals surface area contributed by atoms with Gasteiger partial charge in [-0.05, 0) is 61.8 Å². The first-order valence-electron chi connectivity index (χ1n) is 10.7. The quantitative estimate of drug-likeness (QED) is 0.684. The van der Waals surface area contributed by atoms with E-state index in [0.717, 1.165) is 35.0 Å². The molecule has 29 heavy (non-hydrogen) atoms. The van der Waals surface area contributed by atoms with Crippen LogP contribution in [-0.2, 0) is 25.8 Å². The molecule has 0 unspecified atom stereocenters. The van der Waals surface area contributed by atoms with Crippen LogP contribution < -0.4 is 10.9 Å². The van der Waals surface area contributed by atoms with Crippen LogP contribution >= 0.6 is 11.3 Å². The second-order valence-corrected chi connectivity index (χ2v) is 9.48. The van der Waals surface area contributed by atoms with Gasteiger partial charge in [-0.2, -0.15) is 0 Å². The van der Waals surface area contributed by atoms with E-state index < -0.39 is 0 Å². The maximum absolute atomic E-state index is 13.4. The molecule has 0 bridgehead atoms. The van der Waals surface area contributed by atoms with Crippen LogP contribution in [0.25, 0.3) is 10.2 Å². The highest BCUT2D eigenvalue weighted by molar-refractivity contribution is 7.18. The fourth-order valence-electron chi connectivity index (χ4n) is 4.87. The molecule has 2 heterocycles. The topological polar surface area (TPSA) is 46.9 Å². The van der Waals surface area contributed by atoms with E-state index in [0.29, 0.717) is 25.0 Å². The molecule has 0 spiro atoms. The fraction of sp³-hybridized carbons (Fsp3) is 0.478. The van der Waals surface area contributed by atoms with Gasteiger partial charge < -0.3 is 5.32 Å². The Morgan fingerprint density at radius 1 is 1.21 bits per heavy atom. The molecule has 3 aromatic rings. The number of nitrogens with zero attached hydrogens (tertiary/aromatic N) is 2. The number of benzene rings is 1. The third-order valence-electron chi connectivity index (χ3n) is 6.39. The zero-order valence-corrected chi connectivity index (χ0v) is 17.3. The molecule has 1 atom stereocenters. The van der Waals surface area contributed by atoms with E-state index in [4.69, 9.17) is 0 Å². The summed E-state index contributed by atoms with van der Waals surface area (Å²) in [6, 6.07) is 7.77. The molecule has 1 aromatic carbocycles. The smallest absolute Gasteiger partial charge is 0.262 e. The minimum absolute atomic E-state index is 0.0473. The molecule has 0 aliphatic heterocycles. The van der Waals surface area contributed by atoms with E-state index in [2.05, 4.69) is 10.3 Å². The van der Waals surface area contributed by atoms with E-state index in [1.165, 1.54) is 48.3 Å². The fourth-order valence-corrected chi connectivity index (χ4v) is 6.13. The lowest BCUT2D eigenvalue weighted by atomic mass is 9.92. The largest absolute Gasteiger partial charge is 0.311 e. The zero-order chi connectivity index (χ0) is 19.8. The maximum atomic E-state index is 13.4. The average molecular weight is 412 g/mol. The number of thiophene rings is 1. The Labute approximate surface area is 173 Å². The maximum Gasteiger partial charge on any atom is 0.262 e. The predicted molar refractivity (Wildman–Crippen MR) is 115 cm³/mol. The Morgan fingerprint density at radius 2 is 2.07 bits per heavy atom. The highest BCUT2D eigenvalue weighted by Crippen LogP contribution is 2.34. The molecule has 0 radical (unpaired) electrons. The Bertz CT molecular complexity index is 1080. The molecule has 0 saturated heterocycles. The van der Waals surface area contributed by atoms with Gasteiger partial charge in [0, 0.05) is 23.5 Å². The summed E-state index contributed by atoms with van der Waals surface area (Å²) in [5.41, 5.74) is 2.16. The third kappa shape index (κ3) is 3.88. The number of hydrogen-bond acceptors (Lipinski definition) is 4. The van der Waals surface area contributed by atoms with Crippen molar-refractivity contribution >= 4 is 21.6 Å². The molecule has 0 amide bonds. The summed E-state index contributed by atoms with van der Waals surface area (Å²) in [5, 5.41) is 4.66. The Morgan fingerprint density at radius 3 is 2.90 bits per heavy atom. The molecule has 1 fully saturated rings. The molecular formula is C23H26FN3OS. The first kappa shape index (κ1) is 18.9. The normalized spacial score (nSPS) is 19.7. The first-order valence-corrected chi connectivity index (χ1v) is 11.5. The van der Waals surface area contributed by atoms with Gasteiger partial charge in [-0.3, -0.25) is 9.36 Å². The number of fused-ring (bicyclic) bond motifs is 3. The van der Waals surface area contributed by atoms with Crippen LogP contribution in [0.1, 0.15) is 48.1 Å². The van der Waals surface area contributed by atoms with Crippen LogP contribution in [0, 0.1) is 5.82 Å². The van der Waals surface area contributed by atoms with E-state index in [1.54, 1.807) is 28.3 Å². The Kier molecular flexibility index (Phi) is 5.22. The van der Waals surface area contributed by atoms with Gasteiger partial charge in [0.1, 0.15) is 10.6 Å². The average Bonchev–Trinajstić information content (AvgIpc) is 3.35. The number of aromatic nitrogens is 2. The Balaban J connectivity index is 1.36. The van der Waals surface area contributed by atoms with Gasteiger partial charge in [0.25, 0.3) is 5.56 Å². The van der Waals surface area contributed by atoms with Crippen molar-refractivity contribution in [1.29, 1.82) is 0 Å². The van der Waals surface area contributed by atoms with Gasteiger partial charge in [-0.15, -0.1) is 11.3 Å². The SMILES string of the molecule is O=c1c2c3c(sc2ncn1CCc1cccc(F)c1)C[C@H](NC1CCCC1)CC3. The van der Waals surface area contributed by atoms with E-state index in [9.17, 15) is 9.18 Å². The van der Waals surface area contributed by atoms with Crippen molar-refractivity contribution in [1.82, 2.24) is 14.9 Å². The monoisotopic (exact) mass is 411 g/mol. The van der Waals surface area contributed by atoms with Crippen molar-refractivity contribution in [3.8, 4) is 0 Å². The van der Waals surface area contributed by atoms with Gasteiger partial charge in [0.15, 0.2) is 0 Å². The van der Waals surface area contributed by atoms with Crippen molar-refractivity contribution < 1.29 is 4.39 Å². The minimum Gasteiger partial charge on any atom is -0.311 e. The lowest BCUT2D eigenvalue weighted by molar-refractivity contribution is 0.399. The molecule has 6 heteroatoms. The van der Waals surface area contributed by atoms with Gasteiger partial charge in [-0.25, -0.2) is 9.37 Å². The van der Waals surface area contributed by atoms with E-state index >= 15 is 0 Å². The number of nitrogens with one attached hydrogen (secondary N) is 1. The summed E-state index contributed by atoms with van der Waals surface area (Å²) in [5.74, 6) is -0.240. The molecule has 2 aliphatic carbocycles. The summed E-state index contributed by atoms with van der Waals surface area (Å²) in [4.78, 5) is 19.9. The van der Waals surface area contributed by atoms with Crippen molar-refractivity contribution in [2.75, 3.05) is 0 Å². The van der Waals surface area contributed by atoms with Gasteiger partial charge in [0.2, 0.25) is 0 Å².